The highest BCUT2D eigenvalue weighted by Gasteiger charge is 2.26. The predicted molar refractivity (Wildman–Crippen MR) is 421 cm³/mol. The van der Waals surface area contributed by atoms with Crippen LogP contribution in [0.4, 0.5) is 0 Å². The summed E-state index contributed by atoms with van der Waals surface area (Å²) in [5, 5.41) is 0. The molecule has 0 aromatic carbocycles. The number of esters is 2. The highest BCUT2D eigenvalue weighted by atomic mass is 31.2. The molecule has 97 heavy (non-hydrogen) atoms. The van der Waals surface area contributed by atoms with Gasteiger partial charge in [-0.15, -0.1) is 0 Å². The van der Waals surface area contributed by atoms with Crippen LogP contribution in [-0.4, -0.2) is 49.3 Å². The smallest absolute Gasteiger partial charge is 0.462 e. The van der Waals surface area contributed by atoms with E-state index in [4.69, 9.17) is 24.3 Å². The van der Waals surface area contributed by atoms with E-state index >= 15 is 0 Å². The Hall–Kier alpha value is -6.71. The van der Waals surface area contributed by atoms with E-state index in [-0.39, 0.29) is 32.6 Å². The van der Waals surface area contributed by atoms with Gasteiger partial charge < -0.3 is 20.1 Å². The number of carbonyl (C=O) groups excluding carboxylic acids is 2. The van der Waals surface area contributed by atoms with Crippen LogP contribution in [-0.2, 0) is 32.7 Å². The Morgan fingerprint density at radius 2 is 0.536 bits per heavy atom. The maximum Gasteiger partial charge on any atom is 0.472 e. The molecule has 10 heteroatoms. The first-order valence-corrected chi connectivity index (χ1v) is 38.3. The normalized spacial score (nSPS) is 14.5. The largest absolute Gasteiger partial charge is 0.472 e. The van der Waals surface area contributed by atoms with Crippen LogP contribution in [0, 0.1) is 0 Å². The van der Waals surface area contributed by atoms with Crippen molar-refractivity contribution in [1.29, 1.82) is 0 Å². The summed E-state index contributed by atoms with van der Waals surface area (Å²) in [5.41, 5.74) is 5.40. The zero-order valence-corrected chi connectivity index (χ0v) is 61.1. The van der Waals surface area contributed by atoms with Gasteiger partial charge in [0, 0.05) is 19.4 Å². The summed E-state index contributed by atoms with van der Waals surface area (Å²) in [6.07, 6.45) is 128. The molecular formula is C87H130NO8P. The molecule has 0 radical (unpaired) electrons. The molecule has 0 aromatic rings. The predicted octanol–water partition coefficient (Wildman–Crippen LogP) is 25.1. The minimum Gasteiger partial charge on any atom is -0.462 e. The molecule has 0 spiro atoms. The summed E-state index contributed by atoms with van der Waals surface area (Å²) in [7, 11) is -4.43. The molecule has 9 nitrogen and oxygen atoms in total. The lowest BCUT2D eigenvalue weighted by atomic mass is 10.1. The van der Waals surface area contributed by atoms with Gasteiger partial charge in [0.15, 0.2) is 6.10 Å². The average molecular weight is 1350 g/mol. The molecular weight excluding hydrogens is 1220 g/mol. The van der Waals surface area contributed by atoms with Crippen molar-refractivity contribution >= 4 is 19.8 Å². The third-order valence-electron chi connectivity index (χ3n) is 14.1. The Morgan fingerprint density at radius 1 is 0.309 bits per heavy atom. The fourth-order valence-electron chi connectivity index (χ4n) is 8.76. The summed E-state index contributed by atoms with van der Waals surface area (Å²) in [6, 6.07) is 0. The zero-order valence-electron chi connectivity index (χ0n) is 60.2. The zero-order chi connectivity index (χ0) is 70.0. The third-order valence-corrected chi connectivity index (χ3v) is 15.1. The van der Waals surface area contributed by atoms with Crippen molar-refractivity contribution in [3.05, 3.63) is 267 Å². The van der Waals surface area contributed by atoms with E-state index in [1.165, 1.54) is 0 Å². The van der Waals surface area contributed by atoms with Crippen molar-refractivity contribution in [3.8, 4) is 0 Å². The number of hydrogen-bond acceptors (Lipinski definition) is 8. The molecule has 0 aliphatic heterocycles. The quantitative estimate of drug-likeness (QED) is 0.0264. The van der Waals surface area contributed by atoms with Gasteiger partial charge in [-0.05, 0) is 180 Å². The fourth-order valence-corrected chi connectivity index (χ4v) is 9.53. The highest BCUT2D eigenvalue weighted by molar-refractivity contribution is 7.47. The number of phosphoric ester groups is 1. The summed E-state index contributed by atoms with van der Waals surface area (Å²) in [5.74, 6) is -0.912. The second kappa shape index (κ2) is 78.3. The van der Waals surface area contributed by atoms with Gasteiger partial charge in [0.1, 0.15) is 6.61 Å². The van der Waals surface area contributed by atoms with E-state index in [9.17, 15) is 19.0 Å². The second-order valence-electron chi connectivity index (χ2n) is 23.0. The number of rotatable bonds is 65. The number of hydrogen-bond donors (Lipinski definition) is 2. The summed E-state index contributed by atoms with van der Waals surface area (Å²) < 4.78 is 33.1. The second-order valence-corrected chi connectivity index (χ2v) is 24.4. The van der Waals surface area contributed by atoms with Gasteiger partial charge in [-0.3, -0.25) is 18.6 Å². The van der Waals surface area contributed by atoms with Crippen molar-refractivity contribution in [1.82, 2.24) is 0 Å². The van der Waals surface area contributed by atoms with Gasteiger partial charge in [0.25, 0.3) is 0 Å². The lowest BCUT2D eigenvalue weighted by Crippen LogP contribution is -2.29. The van der Waals surface area contributed by atoms with Gasteiger partial charge in [-0.25, -0.2) is 4.57 Å². The van der Waals surface area contributed by atoms with Crippen LogP contribution in [0.25, 0.3) is 0 Å². The Morgan fingerprint density at radius 3 is 0.804 bits per heavy atom. The van der Waals surface area contributed by atoms with Crippen LogP contribution in [0.2, 0.25) is 0 Å². The summed E-state index contributed by atoms with van der Waals surface area (Å²) in [4.78, 5) is 35.4. The minimum atomic E-state index is -4.43. The summed E-state index contributed by atoms with van der Waals surface area (Å²) >= 11 is 0. The maximum absolute atomic E-state index is 12.8. The maximum atomic E-state index is 12.8. The van der Waals surface area contributed by atoms with Gasteiger partial charge in [-0.2, -0.15) is 0 Å². The number of phosphoric acid groups is 1. The summed E-state index contributed by atoms with van der Waals surface area (Å²) in [6.45, 7) is 3.41. The highest BCUT2D eigenvalue weighted by Crippen LogP contribution is 2.43. The van der Waals surface area contributed by atoms with Crippen LogP contribution >= 0.6 is 7.82 Å². The molecule has 0 aliphatic carbocycles. The van der Waals surface area contributed by atoms with Crippen LogP contribution < -0.4 is 5.73 Å². The molecule has 0 heterocycles. The molecule has 0 aliphatic rings. The van der Waals surface area contributed by atoms with Crippen molar-refractivity contribution in [2.75, 3.05) is 26.4 Å². The number of nitrogens with two attached hydrogens (primary N) is 1. The monoisotopic (exact) mass is 1350 g/mol. The molecule has 0 rings (SSSR count). The van der Waals surface area contributed by atoms with Gasteiger partial charge in [0.2, 0.25) is 0 Å². The third kappa shape index (κ3) is 78.2. The van der Waals surface area contributed by atoms with Gasteiger partial charge in [0.05, 0.1) is 13.2 Å². The Labute approximate surface area is 591 Å². The standard InChI is InChI=1S/C87H130NO8P/c1-3-5-7-9-11-13-15-17-19-21-23-25-27-29-31-33-35-37-39-41-42-44-46-48-50-52-54-56-58-60-62-64-66-68-70-72-74-76-78-80-87(90)96-85(84-95-97(91,92)94-82-81-88)83-93-86(89)79-77-75-73-71-69-67-65-63-61-59-57-55-53-51-49-47-45-43-40-38-36-34-32-30-28-26-24-22-20-18-16-14-12-10-8-6-4-2/h5-8,11-14,17-20,23-26,29-32,35-38,41-43,45-46,48-49,51-52,54-55,57-58,60-61,63-64,66-67,69,85H,3-4,9-10,15-16,21-22,27-28,33-34,39-40,44,47,50,53,56,59,62,65,68,70-84,88H2,1-2H3,(H,91,92)/b7-5-,8-6-,13-11-,14-12-,19-17-,20-18-,25-23-,26-24-,31-29-,32-30-,37-35-,38-36-,42-41-,45-43-,48-46-,51-49-,54-52-,57-55-,60-58-,63-61-,66-64-,69-67-. The molecule has 0 fully saturated rings. The Bertz CT molecular complexity index is 2600. The van der Waals surface area contributed by atoms with E-state index in [2.05, 4.69) is 281 Å². The molecule has 0 bridgehead atoms. The molecule has 0 aromatic heterocycles. The van der Waals surface area contributed by atoms with E-state index in [1.807, 2.05) is 0 Å². The van der Waals surface area contributed by atoms with Crippen molar-refractivity contribution < 1.29 is 37.6 Å². The molecule has 536 valence electrons. The number of unbranched alkanes of at least 4 members (excludes halogenated alkanes) is 8. The molecule has 0 amide bonds. The fraction of sp³-hybridized carbons (Fsp3) is 0.471. The Balaban J connectivity index is 4.12. The van der Waals surface area contributed by atoms with E-state index in [0.717, 1.165) is 193 Å². The lowest BCUT2D eigenvalue weighted by molar-refractivity contribution is -0.161. The topological polar surface area (TPSA) is 134 Å². The van der Waals surface area contributed by atoms with Crippen LogP contribution in [0.3, 0.4) is 0 Å². The lowest BCUT2D eigenvalue weighted by Gasteiger charge is -2.19. The SMILES string of the molecule is CC/C=C\C/C=C\C/C=C\C/C=C\C/C=C\C/C=C\C/C=C\C/C=C\C/C=C\C/C=C\C/C=C\CCCCCCCC(=O)OC(COC(=O)CCCCC/C=C\C/C=C\C/C=C\C/C=C\C/C=C\C/C=C\C/C=C\C/C=C\C/C=C\C/C=C\C/C=C\CC)COP(=O)(O)OCCN. The van der Waals surface area contributed by atoms with Crippen molar-refractivity contribution in [2.45, 2.75) is 238 Å². The number of ether oxygens (including phenoxy) is 2. The Kier molecular flexibility index (Phi) is 72.9. The number of allylic oxidation sites excluding steroid dienone is 44. The molecule has 2 unspecified atom stereocenters. The van der Waals surface area contributed by atoms with Crippen molar-refractivity contribution in [2.24, 2.45) is 5.73 Å². The molecule has 0 saturated heterocycles. The minimum absolute atomic E-state index is 0.0298. The van der Waals surface area contributed by atoms with E-state index in [1.54, 1.807) is 0 Å². The molecule has 3 N–H and O–H groups in total. The number of carbonyl (C=O) groups is 2. The molecule has 2 atom stereocenters. The van der Waals surface area contributed by atoms with Gasteiger partial charge >= 0.3 is 19.8 Å². The van der Waals surface area contributed by atoms with Crippen LogP contribution in [0.5, 0.6) is 0 Å². The first-order valence-electron chi connectivity index (χ1n) is 36.8. The van der Waals surface area contributed by atoms with Crippen LogP contribution in [0.1, 0.15) is 232 Å². The molecule has 0 saturated carbocycles. The van der Waals surface area contributed by atoms with E-state index in [0.29, 0.717) is 12.8 Å². The van der Waals surface area contributed by atoms with E-state index < -0.39 is 32.5 Å². The first-order chi connectivity index (χ1) is 47.8. The average Bonchev–Trinajstić information content (AvgIpc) is 2.88. The van der Waals surface area contributed by atoms with Crippen LogP contribution in [0.15, 0.2) is 267 Å². The van der Waals surface area contributed by atoms with Gasteiger partial charge in [-0.1, -0.05) is 307 Å². The first kappa shape index (κ1) is 90.3. The van der Waals surface area contributed by atoms with Crippen molar-refractivity contribution in [3.63, 3.8) is 0 Å².